The van der Waals surface area contributed by atoms with Crippen LogP contribution in [0.1, 0.15) is 12.7 Å². The minimum absolute atomic E-state index is 0.0613. The summed E-state index contributed by atoms with van der Waals surface area (Å²) >= 11 is 0. The first-order valence-electron chi connectivity index (χ1n) is 4.34. The number of nitrogens with one attached hydrogen (secondary N) is 1. The molecule has 1 aromatic heterocycles. The molecule has 0 aliphatic rings. The molecule has 0 radical (unpaired) electrons. The van der Waals surface area contributed by atoms with Crippen molar-refractivity contribution in [2.24, 2.45) is 0 Å². The van der Waals surface area contributed by atoms with Crippen molar-refractivity contribution in [3.8, 4) is 5.75 Å². The van der Waals surface area contributed by atoms with Crippen LogP contribution in [0, 0.1) is 6.92 Å². The minimum atomic E-state index is -0.0613. The zero-order valence-corrected chi connectivity index (χ0v) is 8.28. The largest absolute Gasteiger partial charge is 0.489 e. The quantitative estimate of drug-likeness (QED) is 0.702. The second kappa shape index (κ2) is 5.16. The first-order chi connectivity index (χ1) is 6.68. The molecule has 76 valence electrons. The summed E-state index contributed by atoms with van der Waals surface area (Å²) in [5, 5.41) is 2.62. The van der Waals surface area contributed by atoms with E-state index in [2.05, 4.69) is 15.3 Å². The number of ether oxygens (including phenoxy) is 1. The number of nitrogens with zero attached hydrogens (tertiary/aromatic N) is 2. The van der Waals surface area contributed by atoms with Gasteiger partial charge in [-0.05, 0) is 6.92 Å². The van der Waals surface area contributed by atoms with E-state index in [1.165, 1.54) is 6.92 Å². The summed E-state index contributed by atoms with van der Waals surface area (Å²) in [7, 11) is 0. The third kappa shape index (κ3) is 3.84. The zero-order valence-electron chi connectivity index (χ0n) is 8.28. The fourth-order valence-electron chi connectivity index (χ4n) is 0.851. The van der Waals surface area contributed by atoms with Gasteiger partial charge in [0.05, 0.1) is 18.9 Å². The van der Waals surface area contributed by atoms with Crippen LogP contribution in [0.3, 0.4) is 0 Å². The van der Waals surface area contributed by atoms with Gasteiger partial charge in [0.15, 0.2) is 5.75 Å². The van der Waals surface area contributed by atoms with Crippen LogP contribution in [0.5, 0.6) is 5.75 Å². The Morgan fingerprint density at radius 3 is 2.71 bits per heavy atom. The molecule has 0 atom stereocenters. The smallest absolute Gasteiger partial charge is 0.216 e. The van der Waals surface area contributed by atoms with E-state index in [1.54, 1.807) is 19.3 Å². The number of aryl methyl sites for hydroxylation is 1. The van der Waals surface area contributed by atoms with E-state index in [0.717, 1.165) is 0 Å². The summed E-state index contributed by atoms with van der Waals surface area (Å²) in [5.41, 5.74) is 0. The van der Waals surface area contributed by atoms with E-state index >= 15 is 0 Å². The lowest BCUT2D eigenvalue weighted by molar-refractivity contribution is -0.119. The number of hydrogen-bond donors (Lipinski definition) is 1. The van der Waals surface area contributed by atoms with Crippen LogP contribution in [0.15, 0.2) is 12.4 Å². The van der Waals surface area contributed by atoms with E-state index in [-0.39, 0.29) is 5.91 Å². The zero-order chi connectivity index (χ0) is 10.4. The fraction of sp³-hybridized carbons (Fsp3) is 0.444. The average Bonchev–Trinajstić information content (AvgIpc) is 2.15. The van der Waals surface area contributed by atoms with Gasteiger partial charge in [-0.25, -0.2) is 9.97 Å². The fourth-order valence-corrected chi connectivity index (χ4v) is 0.851. The van der Waals surface area contributed by atoms with E-state index < -0.39 is 0 Å². The summed E-state index contributed by atoms with van der Waals surface area (Å²) in [6, 6.07) is 0. The van der Waals surface area contributed by atoms with Crippen LogP contribution in [0.25, 0.3) is 0 Å². The van der Waals surface area contributed by atoms with Gasteiger partial charge in [-0.15, -0.1) is 0 Å². The molecule has 1 rings (SSSR count). The van der Waals surface area contributed by atoms with Gasteiger partial charge in [0, 0.05) is 6.92 Å². The molecular weight excluding hydrogens is 182 g/mol. The summed E-state index contributed by atoms with van der Waals surface area (Å²) in [5.74, 6) is 1.26. The SMILES string of the molecule is CC(=O)NCCOc1cnc(C)nc1. The van der Waals surface area contributed by atoms with E-state index in [1.807, 2.05) is 0 Å². The summed E-state index contributed by atoms with van der Waals surface area (Å²) in [4.78, 5) is 18.4. The normalized spacial score (nSPS) is 9.57. The summed E-state index contributed by atoms with van der Waals surface area (Å²) < 4.78 is 5.27. The van der Waals surface area contributed by atoms with Crippen molar-refractivity contribution in [3.05, 3.63) is 18.2 Å². The summed E-state index contributed by atoms with van der Waals surface area (Å²) in [6.07, 6.45) is 3.21. The molecule has 1 amide bonds. The lowest BCUT2D eigenvalue weighted by Gasteiger charge is -2.05. The van der Waals surface area contributed by atoms with Crippen LogP contribution < -0.4 is 10.1 Å². The highest BCUT2D eigenvalue weighted by Gasteiger charge is 1.95. The highest BCUT2D eigenvalue weighted by Crippen LogP contribution is 2.04. The highest BCUT2D eigenvalue weighted by atomic mass is 16.5. The minimum Gasteiger partial charge on any atom is -0.489 e. The topological polar surface area (TPSA) is 64.1 Å². The molecule has 0 aromatic carbocycles. The van der Waals surface area contributed by atoms with Gasteiger partial charge in [-0.2, -0.15) is 0 Å². The Morgan fingerprint density at radius 2 is 2.14 bits per heavy atom. The van der Waals surface area contributed by atoms with Crippen LogP contribution in [-0.2, 0) is 4.79 Å². The Labute approximate surface area is 82.5 Å². The first kappa shape index (κ1) is 10.4. The van der Waals surface area contributed by atoms with E-state index in [9.17, 15) is 4.79 Å². The standard InChI is InChI=1S/C9H13N3O2/c1-7-11-5-9(6-12-7)14-4-3-10-8(2)13/h5-6H,3-4H2,1-2H3,(H,10,13). The van der Waals surface area contributed by atoms with Crippen molar-refractivity contribution < 1.29 is 9.53 Å². The van der Waals surface area contributed by atoms with Crippen molar-refractivity contribution in [1.82, 2.24) is 15.3 Å². The molecule has 0 aliphatic heterocycles. The molecule has 0 aliphatic carbocycles. The number of rotatable bonds is 4. The van der Waals surface area contributed by atoms with Crippen LogP contribution in [-0.4, -0.2) is 29.0 Å². The van der Waals surface area contributed by atoms with Gasteiger partial charge in [0.1, 0.15) is 12.4 Å². The second-order valence-corrected chi connectivity index (χ2v) is 2.80. The Bertz CT molecular complexity index is 297. The lowest BCUT2D eigenvalue weighted by Crippen LogP contribution is -2.25. The van der Waals surface area contributed by atoms with Gasteiger partial charge >= 0.3 is 0 Å². The van der Waals surface area contributed by atoms with Crippen molar-refractivity contribution >= 4 is 5.91 Å². The van der Waals surface area contributed by atoms with Gasteiger partial charge in [-0.3, -0.25) is 4.79 Å². The molecule has 1 N–H and O–H groups in total. The Hall–Kier alpha value is -1.65. The maximum Gasteiger partial charge on any atom is 0.216 e. The molecule has 1 aromatic rings. The molecule has 0 saturated carbocycles. The molecule has 0 saturated heterocycles. The maximum atomic E-state index is 10.5. The van der Waals surface area contributed by atoms with Crippen molar-refractivity contribution in [2.45, 2.75) is 13.8 Å². The molecule has 5 heteroatoms. The molecule has 1 heterocycles. The predicted octanol–water partition coefficient (Wildman–Crippen LogP) is 0.300. The van der Waals surface area contributed by atoms with Crippen molar-refractivity contribution in [2.75, 3.05) is 13.2 Å². The monoisotopic (exact) mass is 195 g/mol. The van der Waals surface area contributed by atoms with Crippen LogP contribution >= 0.6 is 0 Å². The molecule has 5 nitrogen and oxygen atoms in total. The number of carbonyl (C=O) groups excluding carboxylic acids is 1. The Morgan fingerprint density at radius 1 is 1.50 bits per heavy atom. The van der Waals surface area contributed by atoms with Gasteiger partial charge in [0.25, 0.3) is 0 Å². The van der Waals surface area contributed by atoms with Crippen LogP contribution in [0.4, 0.5) is 0 Å². The maximum absolute atomic E-state index is 10.5. The van der Waals surface area contributed by atoms with Crippen molar-refractivity contribution in [3.63, 3.8) is 0 Å². The third-order valence-electron chi connectivity index (χ3n) is 1.50. The van der Waals surface area contributed by atoms with Gasteiger partial charge in [0.2, 0.25) is 5.91 Å². The molecule has 0 spiro atoms. The number of aromatic nitrogens is 2. The Balaban J connectivity index is 2.25. The molecule has 0 unspecified atom stereocenters. The first-order valence-corrected chi connectivity index (χ1v) is 4.34. The lowest BCUT2D eigenvalue weighted by atomic mass is 10.5. The van der Waals surface area contributed by atoms with Crippen LogP contribution in [0.2, 0.25) is 0 Å². The summed E-state index contributed by atoms with van der Waals surface area (Å²) in [6.45, 7) is 4.19. The number of hydrogen-bond acceptors (Lipinski definition) is 4. The molecule has 14 heavy (non-hydrogen) atoms. The predicted molar refractivity (Wildman–Crippen MR) is 50.9 cm³/mol. The van der Waals surface area contributed by atoms with E-state index in [4.69, 9.17) is 4.74 Å². The Kier molecular flexibility index (Phi) is 3.84. The average molecular weight is 195 g/mol. The molecule has 0 fully saturated rings. The highest BCUT2D eigenvalue weighted by molar-refractivity contribution is 5.72. The molecule has 0 bridgehead atoms. The number of amides is 1. The second-order valence-electron chi connectivity index (χ2n) is 2.80. The molecular formula is C9H13N3O2. The van der Waals surface area contributed by atoms with Gasteiger partial charge in [-0.1, -0.05) is 0 Å². The van der Waals surface area contributed by atoms with Gasteiger partial charge < -0.3 is 10.1 Å². The van der Waals surface area contributed by atoms with Crippen molar-refractivity contribution in [1.29, 1.82) is 0 Å². The third-order valence-corrected chi connectivity index (χ3v) is 1.50. The number of carbonyl (C=O) groups is 1. The van der Waals surface area contributed by atoms with E-state index in [0.29, 0.717) is 24.7 Å².